The molecular weight excluding hydrogens is 262 g/mol. The smallest absolute Gasteiger partial charge is 0.315 e. The van der Waals surface area contributed by atoms with Crippen molar-refractivity contribution < 1.29 is 9.53 Å². The first kappa shape index (κ1) is 12.9. The number of nitrogens with zero attached hydrogens (tertiary/aromatic N) is 1. The number of aromatic nitrogens is 1. The molecule has 6 heteroatoms. The molecule has 2 heterocycles. The van der Waals surface area contributed by atoms with Crippen LogP contribution < -0.4 is 10.6 Å². The number of thiazole rings is 1. The number of carbonyl (C=O) groups excluding carboxylic acids is 1. The topological polar surface area (TPSA) is 63.2 Å². The Morgan fingerprint density at radius 1 is 1.37 bits per heavy atom. The van der Waals surface area contributed by atoms with Gasteiger partial charge in [-0.15, -0.1) is 11.3 Å². The van der Waals surface area contributed by atoms with Crippen LogP contribution in [0.4, 0.5) is 4.79 Å². The summed E-state index contributed by atoms with van der Waals surface area (Å²) in [5, 5.41) is 9.11. The second-order valence-electron chi connectivity index (χ2n) is 5.19. The average molecular weight is 281 g/mol. The van der Waals surface area contributed by atoms with E-state index >= 15 is 0 Å². The van der Waals surface area contributed by atoms with Crippen LogP contribution in [-0.4, -0.2) is 30.3 Å². The molecule has 2 amide bonds. The summed E-state index contributed by atoms with van der Waals surface area (Å²) in [6, 6.07) is 0.253. The van der Waals surface area contributed by atoms with Crippen LogP contribution >= 0.6 is 11.3 Å². The predicted octanol–water partition coefficient (Wildman–Crippen LogP) is 2.07. The molecule has 0 bridgehead atoms. The summed E-state index contributed by atoms with van der Waals surface area (Å²) >= 11 is 1.61. The van der Waals surface area contributed by atoms with Gasteiger partial charge in [-0.3, -0.25) is 0 Å². The van der Waals surface area contributed by atoms with Crippen LogP contribution in [0, 0.1) is 5.92 Å². The van der Waals surface area contributed by atoms with E-state index in [1.54, 1.807) is 17.5 Å². The van der Waals surface area contributed by atoms with Gasteiger partial charge in [0.1, 0.15) is 5.01 Å². The molecule has 1 atom stereocenters. The van der Waals surface area contributed by atoms with Crippen molar-refractivity contribution in [3.8, 4) is 0 Å². The summed E-state index contributed by atoms with van der Waals surface area (Å²) in [6.45, 7) is 1.48. The van der Waals surface area contributed by atoms with Gasteiger partial charge in [0.2, 0.25) is 0 Å². The van der Waals surface area contributed by atoms with Crippen LogP contribution in [-0.2, 0) is 4.74 Å². The molecule has 1 aliphatic carbocycles. The zero-order chi connectivity index (χ0) is 13.1. The highest BCUT2D eigenvalue weighted by Crippen LogP contribution is 2.41. The largest absolute Gasteiger partial charge is 0.381 e. The van der Waals surface area contributed by atoms with Crippen LogP contribution in [0.1, 0.15) is 36.7 Å². The number of hydrogen-bond acceptors (Lipinski definition) is 4. The zero-order valence-corrected chi connectivity index (χ0v) is 11.6. The Labute approximate surface area is 116 Å². The molecule has 1 aliphatic heterocycles. The minimum atomic E-state index is -0.0704. The van der Waals surface area contributed by atoms with Crippen molar-refractivity contribution in [2.45, 2.75) is 37.8 Å². The van der Waals surface area contributed by atoms with E-state index in [0.717, 1.165) is 31.1 Å². The van der Waals surface area contributed by atoms with E-state index in [1.165, 1.54) is 12.8 Å². The van der Waals surface area contributed by atoms with Crippen molar-refractivity contribution in [2.75, 3.05) is 13.2 Å². The van der Waals surface area contributed by atoms with Crippen molar-refractivity contribution in [1.29, 1.82) is 0 Å². The van der Waals surface area contributed by atoms with E-state index in [1.807, 2.05) is 5.38 Å². The second-order valence-corrected chi connectivity index (χ2v) is 6.12. The van der Waals surface area contributed by atoms with Gasteiger partial charge in [-0.05, 0) is 31.6 Å². The molecule has 104 valence electrons. The summed E-state index contributed by atoms with van der Waals surface area (Å²) in [5.41, 5.74) is 0. The van der Waals surface area contributed by atoms with Gasteiger partial charge in [0.05, 0.1) is 6.04 Å². The van der Waals surface area contributed by atoms with E-state index in [4.69, 9.17) is 4.74 Å². The van der Waals surface area contributed by atoms with Crippen LogP contribution in [0.2, 0.25) is 0 Å². The van der Waals surface area contributed by atoms with E-state index in [9.17, 15) is 4.79 Å². The lowest BCUT2D eigenvalue weighted by Crippen LogP contribution is -2.45. The quantitative estimate of drug-likeness (QED) is 0.888. The monoisotopic (exact) mass is 281 g/mol. The Morgan fingerprint density at radius 2 is 2.16 bits per heavy atom. The predicted molar refractivity (Wildman–Crippen MR) is 73.1 cm³/mol. The number of ether oxygens (including phenoxy) is 1. The van der Waals surface area contributed by atoms with Crippen molar-refractivity contribution >= 4 is 17.4 Å². The van der Waals surface area contributed by atoms with Gasteiger partial charge in [0.15, 0.2) is 0 Å². The number of urea groups is 1. The Kier molecular flexibility index (Phi) is 3.98. The standard InChI is InChI=1S/C13H19N3O2S/c17-13(15-10-3-6-18-7-4-10)16-11(9-1-2-9)12-14-5-8-19-12/h5,8-11H,1-4,6-7H2,(H2,15,16,17). The normalized spacial score (nSPS) is 21.9. The second kappa shape index (κ2) is 5.88. The molecule has 2 N–H and O–H groups in total. The fourth-order valence-corrected chi connectivity index (χ4v) is 3.19. The van der Waals surface area contributed by atoms with Gasteiger partial charge in [-0.25, -0.2) is 9.78 Å². The highest BCUT2D eigenvalue weighted by Gasteiger charge is 2.35. The maximum atomic E-state index is 12.1. The average Bonchev–Trinajstić information content (AvgIpc) is 3.12. The van der Waals surface area contributed by atoms with Gasteiger partial charge in [0, 0.05) is 30.8 Å². The molecule has 2 fully saturated rings. The number of rotatable bonds is 4. The summed E-state index contributed by atoms with van der Waals surface area (Å²) < 4.78 is 5.29. The minimum absolute atomic E-state index is 0.0704. The summed E-state index contributed by atoms with van der Waals surface area (Å²) in [4.78, 5) is 16.4. The first-order valence-corrected chi connectivity index (χ1v) is 7.75. The first-order valence-electron chi connectivity index (χ1n) is 6.87. The number of hydrogen-bond donors (Lipinski definition) is 2. The molecule has 0 radical (unpaired) electrons. The minimum Gasteiger partial charge on any atom is -0.381 e. The van der Waals surface area contributed by atoms with Crippen LogP contribution in [0.15, 0.2) is 11.6 Å². The molecule has 19 heavy (non-hydrogen) atoms. The van der Waals surface area contributed by atoms with Gasteiger partial charge >= 0.3 is 6.03 Å². The maximum Gasteiger partial charge on any atom is 0.315 e. The van der Waals surface area contributed by atoms with Crippen LogP contribution in [0.5, 0.6) is 0 Å². The first-order chi connectivity index (χ1) is 9.33. The molecule has 1 saturated heterocycles. The van der Waals surface area contributed by atoms with Crippen molar-refractivity contribution in [3.63, 3.8) is 0 Å². The molecule has 0 aromatic carbocycles. The summed E-state index contributed by atoms with van der Waals surface area (Å²) in [5.74, 6) is 0.562. The van der Waals surface area contributed by atoms with Gasteiger partial charge in [-0.2, -0.15) is 0 Å². The highest BCUT2D eigenvalue weighted by molar-refractivity contribution is 7.09. The Balaban J connectivity index is 1.54. The van der Waals surface area contributed by atoms with Gasteiger partial charge < -0.3 is 15.4 Å². The molecule has 5 nitrogen and oxygen atoms in total. The van der Waals surface area contributed by atoms with Crippen molar-refractivity contribution in [3.05, 3.63) is 16.6 Å². The Morgan fingerprint density at radius 3 is 2.79 bits per heavy atom. The van der Waals surface area contributed by atoms with Crippen LogP contribution in [0.25, 0.3) is 0 Å². The molecule has 1 aromatic heterocycles. The molecule has 1 unspecified atom stereocenters. The van der Waals surface area contributed by atoms with E-state index in [2.05, 4.69) is 15.6 Å². The van der Waals surface area contributed by atoms with Crippen molar-refractivity contribution in [2.24, 2.45) is 5.92 Å². The third-order valence-electron chi connectivity index (χ3n) is 3.65. The fraction of sp³-hybridized carbons (Fsp3) is 0.692. The Bertz CT molecular complexity index is 414. The summed E-state index contributed by atoms with van der Waals surface area (Å²) in [6.07, 6.45) is 5.97. The SMILES string of the molecule is O=C(NC1CCOCC1)NC(c1nccs1)C1CC1. The van der Waals surface area contributed by atoms with Crippen molar-refractivity contribution in [1.82, 2.24) is 15.6 Å². The highest BCUT2D eigenvalue weighted by atomic mass is 32.1. The molecule has 0 spiro atoms. The van der Waals surface area contributed by atoms with Gasteiger partial charge in [0.25, 0.3) is 0 Å². The lowest BCUT2D eigenvalue weighted by atomic mass is 10.1. The molecular formula is C13H19N3O2S. The molecule has 1 aromatic rings. The lowest BCUT2D eigenvalue weighted by molar-refractivity contribution is 0.0799. The van der Waals surface area contributed by atoms with E-state index in [0.29, 0.717) is 5.92 Å². The number of nitrogens with one attached hydrogen (secondary N) is 2. The van der Waals surface area contributed by atoms with E-state index < -0.39 is 0 Å². The Hall–Kier alpha value is -1.14. The maximum absolute atomic E-state index is 12.1. The fourth-order valence-electron chi connectivity index (χ4n) is 2.41. The molecule has 3 rings (SSSR count). The third-order valence-corrected chi connectivity index (χ3v) is 4.51. The number of carbonyl (C=O) groups is 1. The molecule has 1 saturated carbocycles. The lowest BCUT2D eigenvalue weighted by Gasteiger charge is -2.24. The van der Waals surface area contributed by atoms with E-state index in [-0.39, 0.29) is 18.1 Å². The third kappa shape index (κ3) is 3.45. The summed E-state index contributed by atoms with van der Waals surface area (Å²) in [7, 11) is 0. The van der Waals surface area contributed by atoms with Gasteiger partial charge in [-0.1, -0.05) is 0 Å². The van der Waals surface area contributed by atoms with Crippen LogP contribution in [0.3, 0.4) is 0 Å². The molecule has 2 aliphatic rings. The zero-order valence-electron chi connectivity index (χ0n) is 10.8. The number of amides is 2.